The summed E-state index contributed by atoms with van der Waals surface area (Å²) in [5, 5.41) is 0. The first-order chi connectivity index (χ1) is 9.08. The second kappa shape index (κ2) is 5.52. The molecular formula is C15H15FN2O. The number of carbonyl (C=O) groups excluding carboxylic acids is 1. The van der Waals surface area contributed by atoms with Crippen molar-refractivity contribution in [3.8, 4) is 0 Å². The van der Waals surface area contributed by atoms with Crippen molar-refractivity contribution >= 4 is 17.3 Å². The van der Waals surface area contributed by atoms with Gasteiger partial charge in [0.05, 0.1) is 6.42 Å². The van der Waals surface area contributed by atoms with Gasteiger partial charge in [0.1, 0.15) is 5.82 Å². The SMILES string of the molecule is CN(C(=O)Cc1ccccc1N)c1ccc(F)cc1. The predicted octanol–water partition coefficient (Wildman–Crippen LogP) is 2.61. The van der Waals surface area contributed by atoms with Crippen molar-refractivity contribution < 1.29 is 9.18 Å². The van der Waals surface area contributed by atoms with Gasteiger partial charge >= 0.3 is 0 Å². The minimum absolute atomic E-state index is 0.0930. The molecule has 0 spiro atoms. The number of nitrogens with zero attached hydrogens (tertiary/aromatic N) is 1. The fourth-order valence-corrected chi connectivity index (χ4v) is 1.79. The smallest absolute Gasteiger partial charge is 0.231 e. The molecule has 1 amide bonds. The maximum absolute atomic E-state index is 12.8. The van der Waals surface area contributed by atoms with Crippen LogP contribution in [0.4, 0.5) is 15.8 Å². The third-order valence-electron chi connectivity index (χ3n) is 2.98. The highest BCUT2D eigenvalue weighted by Crippen LogP contribution is 2.17. The molecule has 0 aromatic heterocycles. The van der Waals surface area contributed by atoms with Crippen molar-refractivity contribution in [1.82, 2.24) is 0 Å². The number of hydrogen-bond acceptors (Lipinski definition) is 2. The number of nitrogen functional groups attached to an aromatic ring is 1. The monoisotopic (exact) mass is 258 g/mol. The maximum Gasteiger partial charge on any atom is 0.231 e. The third-order valence-corrected chi connectivity index (χ3v) is 2.98. The summed E-state index contributed by atoms with van der Waals surface area (Å²) in [6.45, 7) is 0. The molecule has 4 heteroatoms. The molecule has 98 valence electrons. The molecule has 3 nitrogen and oxygen atoms in total. The number of benzene rings is 2. The van der Waals surface area contributed by atoms with Gasteiger partial charge in [0.25, 0.3) is 0 Å². The molecule has 0 heterocycles. The summed E-state index contributed by atoms with van der Waals surface area (Å²) in [4.78, 5) is 13.6. The Morgan fingerprint density at radius 3 is 2.42 bits per heavy atom. The van der Waals surface area contributed by atoms with Crippen LogP contribution in [0.15, 0.2) is 48.5 Å². The fraction of sp³-hybridized carbons (Fsp3) is 0.133. The van der Waals surface area contributed by atoms with Crippen molar-refractivity contribution in [2.75, 3.05) is 17.7 Å². The summed E-state index contributed by atoms with van der Waals surface area (Å²) in [6, 6.07) is 13.1. The zero-order valence-corrected chi connectivity index (χ0v) is 10.6. The Balaban J connectivity index is 2.12. The Morgan fingerprint density at radius 2 is 1.79 bits per heavy atom. The number of hydrogen-bond donors (Lipinski definition) is 1. The normalized spacial score (nSPS) is 10.2. The second-order valence-corrected chi connectivity index (χ2v) is 4.30. The van der Waals surface area contributed by atoms with Crippen LogP contribution in [0.5, 0.6) is 0 Å². The van der Waals surface area contributed by atoms with Crippen LogP contribution in [0, 0.1) is 5.82 Å². The van der Waals surface area contributed by atoms with Crippen LogP contribution in [0.2, 0.25) is 0 Å². The van der Waals surface area contributed by atoms with Crippen molar-refractivity contribution in [2.45, 2.75) is 6.42 Å². The molecule has 0 saturated heterocycles. The lowest BCUT2D eigenvalue weighted by Crippen LogP contribution is -2.28. The van der Waals surface area contributed by atoms with Gasteiger partial charge in [-0.05, 0) is 35.9 Å². The molecule has 2 aromatic carbocycles. The van der Waals surface area contributed by atoms with Crippen molar-refractivity contribution in [3.05, 3.63) is 59.9 Å². The van der Waals surface area contributed by atoms with Gasteiger partial charge in [-0.2, -0.15) is 0 Å². The summed E-state index contributed by atoms with van der Waals surface area (Å²) in [5.74, 6) is -0.415. The number of para-hydroxylation sites is 1. The molecule has 0 aliphatic heterocycles. The number of halogens is 1. The number of amides is 1. The highest BCUT2D eigenvalue weighted by Gasteiger charge is 2.12. The van der Waals surface area contributed by atoms with Crippen molar-refractivity contribution in [2.24, 2.45) is 0 Å². The highest BCUT2D eigenvalue weighted by atomic mass is 19.1. The Hall–Kier alpha value is -2.36. The summed E-state index contributed by atoms with van der Waals surface area (Å²) < 4.78 is 12.8. The first-order valence-corrected chi connectivity index (χ1v) is 5.93. The molecule has 0 saturated carbocycles. The van der Waals surface area contributed by atoms with E-state index in [-0.39, 0.29) is 18.1 Å². The molecule has 0 aliphatic carbocycles. The molecule has 2 rings (SSSR count). The topological polar surface area (TPSA) is 46.3 Å². The summed E-state index contributed by atoms with van der Waals surface area (Å²) in [7, 11) is 1.66. The average molecular weight is 258 g/mol. The largest absolute Gasteiger partial charge is 0.398 e. The third kappa shape index (κ3) is 3.10. The molecule has 0 radical (unpaired) electrons. The average Bonchev–Trinajstić information content (AvgIpc) is 2.41. The lowest BCUT2D eigenvalue weighted by Gasteiger charge is -2.17. The van der Waals surface area contributed by atoms with E-state index in [1.807, 2.05) is 18.2 Å². The number of likely N-dealkylation sites (N-methyl/N-ethyl adjacent to an activating group) is 1. The second-order valence-electron chi connectivity index (χ2n) is 4.30. The van der Waals surface area contributed by atoms with E-state index in [1.54, 1.807) is 25.2 Å². The summed E-state index contributed by atoms with van der Waals surface area (Å²) >= 11 is 0. The molecule has 19 heavy (non-hydrogen) atoms. The first-order valence-electron chi connectivity index (χ1n) is 5.93. The van der Waals surface area contributed by atoms with Crippen LogP contribution in [0.3, 0.4) is 0 Å². The Morgan fingerprint density at radius 1 is 1.16 bits per heavy atom. The van der Waals surface area contributed by atoms with Gasteiger partial charge in [-0.25, -0.2) is 4.39 Å². The van der Waals surface area contributed by atoms with E-state index in [0.717, 1.165) is 5.56 Å². The lowest BCUT2D eigenvalue weighted by atomic mass is 10.1. The van der Waals surface area contributed by atoms with Crippen LogP contribution < -0.4 is 10.6 Å². The minimum Gasteiger partial charge on any atom is -0.398 e. The molecule has 2 N–H and O–H groups in total. The van der Waals surface area contributed by atoms with E-state index in [1.165, 1.54) is 17.0 Å². The standard InChI is InChI=1S/C15H15FN2O/c1-18(13-8-6-12(16)7-9-13)15(19)10-11-4-2-3-5-14(11)17/h2-9H,10,17H2,1H3. The van der Waals surface area contributed by atoms with E-state index in [9.17, 15) is 9.18 Å². The number of rotatable bonds is 3. The maximum atomic E-state index is 12.8. The predicted molar refractivity (Wildman–Crippen MR) is 74.4 cm³/mol. The van der Waals surface area contributed by atoms with Crippen LogP contribution in [-0.2, 0) is 11.2 Å². The lowest BCUT2D eigenvalue weighted by molar-refractivity contribution is -0.117. The zero-order valence-electron chi connectivity index (χ0n) is 10.6. The molecule has 0 atom stereocenters. The van der Waals surface area contributed by atoms with Gasteiger partial charge in [0, 0.05) is 18.4 Å². The van der Waals surface area contributed by atoms with Crippen LogP contribution in [-0.4, -0.2) is 13.0 Å². The van der Waals surface area contributed by atoms with E-state index < -0.39 is 0 Å². The van der Waals surface area contributed by atoms with Gasteiger partial charge in [-0.3, -0.25) is 4.79 Å². The van der Waals surface area contributed by atoms with Gasteiger partial charge in [-0.1, -0.05) is 18.2 Å². The van der Waals surface area contributed by atoms with E-state index in [2.05, 4.69) is 0 Å². The number of nitrogens with two attached hydrogens (primary N) is 1. The van der Waals surface area contributed by atoms with Crippen molar-refractivity contribution in [1.29, 1.82) is 0 Å². The van der Waals surface area contributed by atoms with E-state index >= 15 is 0 Å². The zero-order chi connectivity index (χ0) is 13.8. The molecule has 0 fully saturated rings. The molecular weight excluding hydrogens is 243 g/mol. The Bertz CT molecular complexity index is 581. The van der Waals surface area contributed by atoms with Crippen LogP contribution in [0.1, 0.15) is 5.56 Å². The molecule has 2 aromatic rings. The summed E-state index contributed by atoms with van der Waals surface area (Å²) in [6.07, 6.45) is 0.223. The van der Waals surface area contributed by atoms with Crippen LogP contribution >= 0.6 is 0 Å². The fourth-order valence-electron chi connectivity index (χ4n) is 1.79. The molecule has 0 aliphatic rings. The van der Waals surface area contributed by atoms with Gasteiger partial charge in [0.15, 0.2) is 0 Å². The van der Waals surface area contributed by atoms with Crippen LogP contribution in [0.25, 0.3) is 0 Å². The van der Waals surface area contributed by atoms with E-state index in [0.29, 0.717) is 11.4 Å². The number of carbonyl (C=O) groups is 1. The molecule has 0 unspecified atom stereocenters. The van der Waals surface area contributed by atoms with Gasteiger partial charge in [0.2, 0.25) is 5.91 Å². The number of anilines is 2. The van der Waals surface area contributed by atoms with E-state index in [4.69, 9.17) is 5.73 Å². The highest BCUT2D eigenvalue weighted by molar-refractivity contribution is 5.94. The van der Waals surface area contributed by atoms with Gasteiger partial charge < -0.3 is 10.6 Å². The minimum atomic E-state index is -0.322. The Kier molecular flexibility index (Phi) is 3.80. The van der Waals surface area contributed by atoms with Gasteiger partial charge in [-0.15, -0.1) is 0 Å². The first kappa shape index (κ1) is 13.1. The quantitative estimate of drug-likeness (QED) is 0.860. The summed E-state index contributed by atoms with van der Waals surface area (Å²) in [5.41, 5.74) is 7.85. The van der Waals surface area contributed by atoms with Crippen molar-refractivity contribution in [3.63, 3.8) is 0 Å². The Labute approximate surface area is 111 Å². The molecule has 0 bridgehead atoms.